The Bertz CT molecular complexity index is 666. The summed E-state index contributed by atoms with van der Waals surface area (Å²) >= 11 is 0. The predicted octanol–water partition coefficient (Wildman–Crippen LogP) is 2.14. The van der Waals surface area contributed by atoms with Crippen LogP contribution in [0.25, 0.3) is 0 Å². The molecule has 0 radical (unpaired) electrons. The number of carbonyl (C=O) groups is 1. The molecule has 6 heteroatoms. The molecule has 1 amide bonds. The number of fused-ring (bicyclic) bond motifs is 1. The lowest BCUT2D eigenvalue weighted by molar-refractivity contribution is 0.102. The molecule has 4 rings (SSSR count). The maximum atomic E-state index is 12.3. The van der Waals surface area contributed by atoms with E-state index in [-0.39, 0.29) is 5.91 Å². The van der Waals surface area contributed by atoms with Gasteiger partial charge in [0.15, 0.2) is 5.82 Å². The Hall–Kier alpha value is -2.24. The van der Waals surface area contributed by atoms with Crippen molar-refractivity contribution in [1.82, 2.24) is 19.7 Å². The molecule has 0 spiro atoms. The summed E-state index contributed by atoms with van der Waals surface area (Å²) in [6, 6.07) is 3.61. The van der Waals surface area contributed by atoms with Crippen LogP contribution in [-0.2, 0) is 13.0 Å². The van der Waals surface area contributed by atoms with Crippen LogP contribution in [0.2, 0.25) is 0 Å². The number of hydrogen-bond acceptors (Lipinski definition) is 4. The number of rotatable bonds is 3. The van der Waals surface area contributed by atoms with Crippen molar-refractivity contribution in [2.45, 2.75) is 44.6 Å². The number of carbonyl (C=O) groups excluding carboxylic acids is 1. The van der Waals surface area contributed by atoms with Gasteiger partial charge in [0.1, 0.15) is 11.5 Å². The van der Waals surface area contributed by atoms with Gasteiger partial charge in [0.2, 0.25) is 0 Å². The third kappa shape index (κ3) is 2.53. The highest BCUT2D eigenvalue weighted by Gasteiger charge is 2.27. The molecular formula is C15H17N5O. The van der Waals surface area contributed by atoms with E-state index in [9.17, 15) is 4.79 Å². The van der Waals surface area contributed by atoms with Crippen molar-refractivity contribution in [3.63, 3.8) is 0 Å². The van der Waals surface area contributed by atoms with Crippen LogP contribution in [0.3, 0.4) is 0 Å². The van der Waals surface area contributed by atoms with Crippen LogP contribution in [0.4, 0.5) is 5.82 Å². The Kier molecular flexibility index (Phi) is 2.94. The topological polar surface area (TPSA) is 72.7 Å². The molecule has 0 aromatic carbocycles. The molecule has 2 aromatic rings. The molecule has 0 bridgehead atoms. The molecule has 1 aliphatic carbocycles. The van der Waals surface area contributed by atoms with Gasteiger partial charge in [0, 0.05) is 30.4 Å². The van der Waals surface area contributed by atoms with Gasteiger partial charge in [-0.3, -0.25) is 9.48 Å². The van der Waals surface area contributed by atoms with Gasteiger partial charge in [-0.2, -0.15) is 5.10 Å². The average molecular weight is 283 g/mol. The Morgan fingerprint density at radius 2 is 2.24 bits per heavy atom. The first kappa shape index (κ1) is 12.5. The Morgan fingerprint density at radius 3 is 3.05 bits per heavy atom. The summed E-state index contributed by atoms with van der Waals surface area (Å²) < 4.78 is 1.98. The Morgan fingerprint density at radius 1 is 1.33 bits per heavy atom. The molecular weight excluding hydrogens is 266 g/mol. The fourth-order valence-corrected chi connectivity index (χ4v) is 2.70. The lowest BCUT2D eigenvalue weighted by Gasteiger charge is -2.11. The molecule has 3 heterocycles. The molecule has 2 aliphatic rings. The van der Waals surface area contributed by atoms with Gasteiger partial charge in [-0.25, -0.2) is 9.97 Å². The van der Waals surface area contributed by atoms with Gasteiger partial charge in [0.05, 0.1) is 0 Å². The molecule has 0 atom stereocenters. The monoisotopic (exact) mass is 283 g/mol. The van der Waals surface area contributed by atoms with Crippen molar-refractivity contribution in [2.24, 2.45) is 0 Å². The molecule has 108 valence electrons. The molecule has 1 N–H and O–H groups in total. The molecule has 2 aromatic heterocycles. The third-order valence-corrected chi connectivity index (χ3v) is 4.01. The van der Waals surface area contributed by atoms with E-state index in [0.29, 0.717) is 17.4 Å². The number of amides is 1. The second-order valence-corrected chi connectivity index (χ2v) is 5.73. The van der Waals surface area contributed by atoms with E-state index in [0.717, 1.165) is 38.1 Å². The zero-order valence-corrected chi connectivity index (χ0v) is 11.7. The zero-order valence-electron chi connectivity index (χ0n) is 11.7. The van der Waals surface area contributed by atoms with Crippen molar-refractivity contribution in [1.29, 1.82) is 0 Å². The molecule has 1 saturated carbocycles. The summed E-state index contributed by atoms with van der Waals surface area (Å²) in [5.41, 5.74) is 1.61. The molecule has 0 unspecified atom stereocenters. The van der Waals surface area contributed by atoms with Gasteiger partial charge in [-0.15, -0.1) is 0 Å². The summed E-state index contributed by atoms with van der Waals surface area (Å²) in [6.07, 6.45) is 7.28. The minimum absolute atomic E-state index is 0.213. The number of hydrogen-bond donors (Lipinski definition) is 1. The number of aromatic nitrogens is 4. The van der Waals surface area contributed by atoms with Gasteiger partial charge in [-0.1, -0.05) is 0 Å². The number of aryl methyl sites for hydroxylation is 2. The second-order valence-electron chi connectivity index (χ2n) is 5.73. The van der Waals surface area contributed by atoms with E-state index >= 15 is 0 Å². The van der Waals surface area contributed by atoms with Crippen LogP contribution in [0.5, 0.6) is 0 Å². The van der Waals surface area contributed by atoms with Gasteiger partial charge < -0.3 is 5.32 Å². The average Bonchev–Trinajstić information content (AvgIpc) is 3.28. The van der Waals surface area contributed by atoms with Crippen molar-refractivity contribution < 1.29 is 4.79 Å². The quantitative estimate of drug-likeness (QED) is 0.936. The fourth-order valence-electron chi connectivity index (χ4n) is 2.70. The number of anilines is 1. The van der Waals surface area contributed by atoms with E-state index in [2.05, 4.69) is 20.4 Å². The summed E-state index contributed by atoms with van der Waals surface area (Å²) in [4.78, 5) is 20.9. The standard InChI is InChI=1S/C15H17N5O/c21-15(12-6-7-16-14(17-12)10-4-5-10)18-13-9-11-3-1-2-8-20(11)19-13/h6-7,9-10H,1-5,8H2,(H,18,19,21). The Balaban J connectivity index is 1.52. The highest BCUT2D eigenvalue weighted by Crippen LogP contribution is 2.37. The number of nitrogens with zero attached hydrogens (tertiary/aromatic N) is 4. The maximum absolute atomic E-state index is 12.3. The minimum Gasteiger partial charge on any atom is -0.304 e. The van der Waals surface area contributed by atoms with E-state index in [1.54, 1.807) is 12.3 Å². The maximum Gasteiger partial charge on any atom is 0.275 e. The van der Waals surface area contributed by atoms with Crippen molar-refractivity contribution >= 4 is 11.7 Å². The highest BCUT2D eigenvalue weighted by molar-refractivity contribution is 6.02. The SMILES string of the molecule is O=C(Nc1cc2n(n1)CCCC2)c1ccnc(C2CC2)n1. The third-order valence-electron chi connectivity index (χ3n) is 4.01. The van der Waals surface area contributed by atoms with Crippen molar-refractivity contribution in [2.75, 3.05) is 5.32 Å². The largest absolute Gasteiger partial charge is 0.304 e. The Labute approximate surface area is 122 Å². The van der Waals surface area contributed by atoms with Gasteiger partial charge in [-0.05, 0) is 38.2 Å². The van der Waals surface area contributed by atoms with Crippen LogP contribution in [0.15, 0.2) is 18.3 Å². The lowest BCUT2D eigenvalue weighted by Crippen LogP contribution is -2.15. The molecule has 1 aliphatic heterocycles. The molecule has 6 nitrogen and oxygen atoms in total. The van der Waals surface area contributed by atoms with Gasteiger partial charge in [0.25, 0.3) is 5.91 Å². The van der Waals surface area contributed by atoms with Crippen LogP contribution in [0, 0.1) is 0 Å². The van der Waals surface area contributed by atoms with Gasteiger partial charge >= 0.3 is 0 Å². The smallest absolute Gasteiger partial charge is 0.275 e. The molecule has 1 fully saturated rings. The van der Waals surface area contributed by atoms with Crippen LogP contribution in [0.1, 0.15) is 53.6 Å². The summed E-state index contributed by atoms with van der Waals surface area (Å²) in [6.45, 7) is 0.935. The molecule has 0 saturated heterocycles. The summed E-state index contributed by atoms with van der Waals surface area (Å²) in [5.74, 6) is 1.63. The van der Waals surface area contributed by atoms with Crippen molar-refractivity contribution in [3.05, 3.63) is 35.5 Å². The van der Waals surface area contributed by atoms with E-state index < -0.39 is 0 Å². The second kappa shape index (κ2) is 4.95. The first-order valence-electron chi connectivity index (χ1n) is 7.50. The molecule has 21 heavy (non-hydrogen) atoms. The highest BCUT2D eigenvalue weighted by atomic mass is 16.2. The van der Waals surface area contributed by atoms with Crippen LogP contribution < -0.4 is 5.32 Å². The lowest BCUT2D eigenvalue weighted by atomic mass is 10.1. The van der Waals surface area contributed by atoms with Crippen LogP contribution in [-0.4, -0.2) is 25.7 Å². The van der Waals surface area contributed by atoms with E-state index in [4.69, 9.17) is 0 Å². The van der Waals surface area contributed by atoms with Crippen molar-refractivity contribution in [3.8, 4) is 0 Å². The predicted molar refractivity (Wildman–Crippen MR) is 77.1 cm³/mol. The zero-order chi connectivity index (χ0) is 14.2. The van der Waals surface area contributed by atoms with E-state index in [1.165, 1.54) is 12.1 Å². The first-order valence-corrected chi connectivity index (χ1v) is 7.50. The first-order chi connectivity index (χ1) is 10.3. The number of nitrogens with one attached hydrogen (secondary N) is 1. The van der Waals surface area contributed by atoms with E-state index in [1.807, 2.05) is 10.7 Å². The summed E-state index contributed by atoms with van der Waals surface area (Å²) in [7, 11) is 0. The summed E-state index contributed by atoms with van der Waals surface area (Å²) in [5, 5.41) is 7.27. The normalized spacial score (nSPS) is 17.3. The van der Waals surface area contributed by atoms with Crippen LogP contribution >= 0.6 is 0 Å². The minimum atomic E-state index is -0.213. The fraction of sp³-hybridized carbons (Fsp3) is 0.467.